The number of hydrogen-bond acceptors (Lipinski definition) is 8. The zero-order chi connectivity index (χ0) is 29.8. The summed E-state index contributed by atoms with van der Waals surface area (Å²) in [4.78, 5) is 37.3. The van der Waals surface area contributed by atoms with Gasteiger partial charge in [-0.3, -0.25) is 18.9 Å². The molecule has 1 unspecified atom stereocenters. The molecule has 0 aromatic heterocycles. The number of carbonyl (C=O) groups excluding carboxylic acids is 3. The lowest BCUT2D eigenvalue weighted by Gasteiger charge is -2.61. The van der Waals surface area contributed by atoms with Crippen molar-refractivity contribution in [3.63, 3.8) is 0 Å². The highest BCUT2D eigenvalue weighted by Gasteiger charge is 2.66. The summed E-state index contributed by atoms with van der Waals surface area (Å²) in [7, 11) is -5.69. The topological polar surface area (TPSA) is 144 Å². The summed E-state index contributed by atoms with van der Waals surface area (Å²) in [6, 6.07) is 0. The standard InChI is InChI=1S/C28H42F2O9S/c1-15(5-8-24(34)38-14-28(29,30)40(35,36)37)19-6-7-20-25-21(13-23(33)27(19,20)4)26(3)10-9-18(39-16(2)31)11-17(26)12-22(25)32/h15,17-21,23,25,33H,5-14H2,1-4H3,(H,35,36,37)/t15-,17?,18-,19-,20+,21+,23+,25+,26+,27-/m1/s1. The van der Waals surface area contributed by atoms with E-state index >= 15 is 0 Å². The first kappa shape index (κ1) is 31.3. The molecule has 0 bridgehead atoms. The maximum absolute atomic E-state index is 13.7. The van der Waals surface area contributed by atoms with Crippen molar-refractivity contribution in [1.29, 1.82) is 0 Å². The number of alkyl halides is 2. The second-order valence-corrected chi connectivity index (χ2v) is 14.8. The highest BCUT2D eigenvalue weighted by atomic mass is 32.2. The van der Waals surface area contributed by atoms with Crippen LogP contribution in [0.1, 0.15) is 85.5 Å². The van der Waals surface area contributed by atoms with E-state index in [9.17, 15) is 36.7 Å². The largest absolute Gasteiger partial charge is 0.463 e. The van der Waals surface area contributed by atoms with Gasteiger partial charge in [0.1, 0.15) is 11.9 Å². The molecule has 0 spiro atoms. The molecule has 4 saturated carbocycles. The van der Waals surface area contributed by atoms with Crippen molar-refractivity contribution in [1.82, 2.24) is 0 Å². The minimum absolute atomic E-state index is 0.00135. The van der Waals surface area contributed by atoms with Crippen LogP contribution in [0.25, 0.3) is 0 Å². The van der Waals surface area contributed by atoms with Crippen LogP contribution >= 0.6 is 0 Å². The van der Waals surface area contributed by atoms with Crippen LogP contribution in [-0.2, 0) is 34.0 Å². The van der Waals surface area contributed by atoms with Crippen molar-refractivity contribution in [2.75, 3.05) is 6.61 Å². The molecule has 9 nitrogen and oxygen atoms in total. The van der Waals surface area contributed by atoms with E-state index in [1.165, 1.54) is 6.92 Å². The average Bonchev–Trinajstić information content (AvgIpc) is 3.20. The number of esters is 2. The van der Waals surface area contributed by atoms with Crippen molar-refractivity contribution in [2.45, 2.75) is 103 Å². The Kier molecular flexibility index (Phi) is 8.50. The first-order valence-electron chi connectivity index (χ1n) is 14.3. The maximum Gasteiger partial charge on any atom is 0.402 e. The van der Waals surface area contributed by atoms with Gasteiger partial charge in [-0.25, -0.2) is 0 Å². The molecular weight excluding hydrogens is 550 g/mol. The Morgan fingerprint density at radius 1 is 1.15 bits per heavy atom. The summed E-state index contributed by atoms with van der Waals surface area (Å²) < 4.78 is 66.7. The van der Waals surface area contributed by atoms with E-state index in [4.69, 9.17) is 9.29 Å². The number of ketones is 1. The lowest BCUT2D eigenvalue weighted by Crippen LogP contribution is -2.61. The van der Waals surface area contributed by atoms with E-state index in [0.717, 1.165) is 25.7 Å². The highest BCUT2D eigenvalue weighted by Crippen LogP contribution is 2.67. The summed E-state index contributed by atoms with van der Waals surface area (Å²) in [6.07, 6.45) is 3.97. The summed E-state index contributed by atoms with van der Waals surface area (Å²) in [5, 5.41) is 7.07. The number of ether oxygens (including phenoxy) is 2. The Morgan fingerprint density at radius 2 is 1.82 bits per heavy atom. The highest BCUT2D eigenvalue weighted by molar-refractivity contribution is 7.86. The molecule has 4 fully saturated rings. The van der Waals surface area contributed by atoms with E-state index < -0.39 is 39.5 Å². The zero-order valence-corrected chi connectivity index (χ0v) is 24.4. The molecule has 4 aliphatic carbocycles. The molecule has 0 aliphatic heterocycles. The van der Waals surface area contributed by atoms with Gasteiger partial charge in [0.05, 0.1) is 6.10 Å². The number of hydrogen-bond donors (Lipinski definition) is 2. The molecule has 4 aliphatic rings. The van der Waals surface area contributed by atoms with E-state index in [1.54, 1.807) is 0 Å². The Balaban J connectivity index is 1.43. The van der Waals surface area contributed by atoms with Gasteiger partial charge >= 0.3 is 27.3 Å². The van der Waals surface area contributed by atoms with Gasteiger partial charge in [0.25, 0.3) is 0 Å². The number of rotatable bonds is 8. The number of halogens is 2. The molecule has 40 heavy (non-hydrogen) atoms. The molecule has 0 aromatic rings. The van der Waals surface area contributed by atoms with Gasteiger partial charge < -0.3 is 14.6 Å². The van der Waals surface area contributed by atoms with Crippen molar-refractivity contribution in [3.05, 3.63) is 0 Å². The summed E-state index contributed by atoms with van der Waals surface area (Å²) >= 11 is 0. The average molecular weight is 593 g/mol. The number of aliphatic hydroxyl groups is 1. The normalized spacial score (nSPS) is 40.4. The van der Waals surface area contributed by atoms with E-state index in [0.29, 0.717) is 19.3 Å². The number of aliphatic hydroxyl groups excluding tert-OH is 1. The maximum atomic E-state index is 13.7. The molecule has 0 heterocycles. The molecule has 0 radical (unpaired) electrons. The van der Waals surface area contributed by atoms with Crippen LogP contribution in [-0.4, -0.2) is 59.9 Å². The molecular formula is C28H42F2O9S. The molecule has 4 rings (SSSR count). The second-order valence-electron chi connectivity index (χ2n) is 13.2. The third-order valence-electron chi connectivity index (χ3n) is 11.2. The van der Waals surface area contributed by atoms with Crippen LogP contribution in [0.2, 0.25) is 0 Å². The van der Waals surface area contributed by atoms with Gasteiger partial charge in [-0.15, -0.1) is 0 Å². The first-order chi connectivity index (χ1) is 18.4. The minimum Gasteiger partial charge on any atom is -0.463 e. The Bertz CT molecular complexity index is 1130. The minimum atomic E-state index is -5.69. The van der Waals surface area contributed by atoms with E-state index in [1.807, 2.05) is 13.8 Å². The zero-order valence-electron chi connectivity index (χ0n) is 23.6. The fraction of sp³-hybridized carbons (Fsp3) is 0.893. The van der Waals surface area contributed by atoms with E-state index in [-0.39, 0.29) is 71.6 Å². The molecule has 12 heteroatoms. The van der Waals surface area contributed by atoms with Gasteiger partial charge in [0.2, 0.25) is 0 Å². The van der Waals surface area contributed by atoms with Gasteiger partial charge in [-0.1, -0.05) is 20.8 Å². The van der Waals surface area contributed by atoms with Crippen LogP contribution in [0.15, 0.2) is 0 Å². The quantitative estimate of drug-likeness (QED) is 0.313. The first-order valence-corrected chi connectivity index (χ1v) is 15.7. The summed E-state index contributed by atoms with van der Waals surface area (Å²) in [5.41, 5.74) is -0.675. The van der Waals surface area contributed by atoms with Crippen molar-refractivity contribution >= 4 is 27.8 Å². The molecule has 0 saturated heterocycles. The van der Waals surface area contributed by atoms with Crippen molar-refractivity contribution < 1.29 is 50.7 Å². The predicted octanol–water partition coefficient (Wildman–Crippen LogP) is 4.17. The van der Waals surface area contributed by atoms with Gasteiger partial charge in [-0.2, -0.15) is 17.2 Å². The van der Waals surface area contributed by atoms with E-state index in [2.05, 4.69) is 11.7 Å². The fourth-order valence-corrected chi connectivity index (χ4v) is 9.24. The third-order valence-corrected chi connectivity index (χ3v) is 12.1. The number of Topliss-reactive ketones (excluding diaryl/α,β-unsaturated/α-hetero) is 1. The van der Waals surface area contributed by atoms with Crippen molar-refractivity contribution in [2.24, 2.45) is 46.3 Å². The Morgan fingerprint density at radius 3 is 2.45 bits per heavy atom. The van der Waals surface area contributed by atoms with Crippen LogP contribution in [0.5, 0.6) is 0 Å². The molecule has 0 aromatic carbocycles. The summed E-state index contributed by atoms with van der Waals surface area (Å²) in [5.74, 6) is -1.20. The third kappa shape index (κ3) is 5.44. The summed E-state index contributed by atoms with van der Waals surface area (Å²) in [6.45, 7) is 5.85. The fourth-order valence-electron chi connectivity index (χ4n) is 9.03. The second kappa shape index (κ2) is 10.9. The van der Waals surface area contributed by atoms with Gasteiger partial charge in [0.15, 0.2) is 6.61 Å². The van der Waals surface area contributed by atoms with Crippen LogP contribution in [0, 0.1) is 46.3 Å². The van der Waals surface area contributed by atoms with Crippen LogP contribution < -0.4 is 0 Å². The van der Waals surface area contributed by atoms with Gasteiger partial charge in [0, 0.05) is 31.1 Å². The number of carbonyl (C=O) groups is 3. The molecule has 0 amide bonds. The lowest BCUT2D eigenvalue weighted by molar-refractivity contribution is -0.185. The Hall–Kier alpha value is -1.66. The molecule has 2 N–H and O–H groups in total. The monoisotopic (exact) mass is 592 g/mol. The van der Waals surface area contributed by atoms with Gasteiger partial charge in [-0.05, 0) is 80.0 Å². The SMILES string of the molecule is CC(=O)O[C@@H]1CC[C@@]2(C)C(CC(=O)[C@H]3[C@@H]4CC[C@H]([C@H](C)CCC(=O)OCC(F)(F)S(=O)(=O)O)[C@@]4(C)[C@@H](O)C[C@@H]32)C1. The van der Waals surface area contributed by atoms with Crippen LogP contribution in [0.3, 0.4) is 0 Å². The molecule has 10 atom stereocenters. The smallest absolute Gasteiger partial charge is 0.402 e. The van der Waals surface area contributed by atoms with Crippen LogP contribution in [0.4, 0.5) is 8.78 Å². The van der Waals surface area contributed by atoms with Crippen molar-refractivity contribution in [3.8, 4) is 0 Å². The predicted molar refractivity (Wildman–Crippen MR) is 138 cm³/mol. The lowest BCUT2D eigenvalue weighted by atomic mass is 9.43. The molecule has 228 valence electrons. The Labute approximate surface area is 234 Å². The number of fused-ring (bicyclic) bond motifs is 5.